The minimum atomic E-state index is -0.286. The Morgan fingerprint density at radius 1 is 1.04 bits per heavy atom. The molecule has 1 aliphatic rings. The van der Waals surface area contributed by atoms with Gasteiger partial charge in [-0.1, -0.05) is 29.4 Å². The van der Waals surface area contributed by atoms with Gasteiger partial charge in [-0.25, -0.2) is 4.79 Å². The van der Waals surface area contributed by atoms with Crippen molar-refractivity contribution in [1.29, 1.82) is 0 Å². The van der Waals surface area contributed by atoms with Gasteiger partial charge < -0.3 is 19.6 Å². The third-order valence-electron chi connectivity index (χ3n) is 4.81. The monoisotopic (exact) mass is 384 g/mol. The second-order valence-electron chi connectivity index (χ2n) is 8.24. The SMILES string of the molecule is Cc1ccccc1-c1noc(C)c1C(=O)N1CCN(C(=O)NC(C)(C)C)CC1. The molecular weight excluding hydrogens is 356 g/mol. The molecule has 1 saturated heterocycles. The standard InChI is InChI=1S/C21H28N4O3/c1-14-8-6-7-9-16(14)18-17(15(2)28-23-18)19(26)24-10-12-25(13-11-24)20(27)22-21(3,4)5/h6-9H,10-13H2,1-5H3,(H,22,27). The fourth-order valence-corrected chi connectivity index (χ4v) is 3.32. The minimum absolute atomic E-state index is 0.0960. The number of hydrogen-bond donors (Lipinski definition) is 1. The Bertz CT molecular complexity index is 874. The van der Waals surface area contributed by atoms with Crippen LogP contribution in [0.2, 0.25) is 0 Å². The molecule has 0 bridgehead atoms. The lowest BCUT2D eigenvalue weighted by atomic mass is 10.0. The maximum atomic E-state index is 13.2. The molecule has 3 rings (SSSR count). The normalized spacial score (nSPS) is 14.9. The molecule has 1 aromatic heterocycles. The Labute approximate surface area is 165 Å². The summed E-state index contributed by atoms with van der Waals surface area (Å²) in [5.41, 5.74) is 2.72. The Morgan fingerprint density at radius 3 is 2.25 bits per heavy atom. The van der Waals surface area contributed by atoms with Crippen molar-refractivity contribution in [3.05, 3.63) is 41.2 Å². The first-order chi connectivity index (χ1) is 13.2. The van der Waals surface area contributed by atoms with Crippen LogP contribution in [0, 0.1) is 13.8 Å². The fourth-order valence-electron chi connectivity index (χ4n) is 3.32. The number of piperazine rings is 1. The van der Waals surface area contributed by atoms with E-state index in [2.05, 4.69) is 10.5 Å². The molecular formula is C21H28N4O3. The Morgan fingerprint density at radius 2 is 1.64 bits per heavy atom. The number of amides is 3. The predicted molar refractivity (Wildman–Crippen MR) is 107 cm³/mol. The number of rotatable bonds is 2. The van der Waals surface area contributed by atoms with Gasteiger partial charge in [0.15, 0.2) is 0 Å². The van der Waals surface area contributed by atoms with Crippen molar-refractivity contribution < 1.29 is 14.1 Å². The number of urea groups is 1. The second-order valence-corrected chi connectivity index (χ2v) is 8.24. The van der Waals surface area contributed by atoms with E-state index >= 15 is 0 Å². The van der Waals surface area contributed by atoms with Crippen molar-refractivity contribution in [3.63, 3.8) is 0 Å². The van der Waals surface area contributed by atoms with Crippen molar-refractivity contribution in [3.8, 4) is 11.3 Å². The molecule has 1 N–H and O–H groups in total. The molecule has 0 aliphatic carbocycles. The minimum Gasteiger partial charge on any atom is -0.360 e. The van der Waals surface area contributed by atoms with Crippen LogP contribution < -0.4 is 5.32 Å². The number of aromatic nitrogens is 1. The van der Waals surface area contributed by atoms with Gasteiger partial charge in [-0.05, 0) is 40.2 Å². The molecule has 2 aromatic rings. The molecule has 0 spiro atoms. The van der Waals surface area contributed by atoms with Gasteiger partial charge in [-0.15, -0.1) is 0 Å². The Hall–Kier alpha value is -2.83. The van der Waals surface area contributed by atoms with Crippen LogP contribution in [0.3, 0.4) is 0 Å². The average Bonchev–Trinajstić information content (AvgIpc) is 3.01. The van der Waals surface area contributed by atoms with E-state index in [-0.39, 0.29) is 17.5 Å². The summed E-state index contributed by atoms with van der Waals surface area (Å²) in [6.07, 6.45) is 0. The van der Waals surface area contributed by atoms with E-state index in [1.807, 2.05) is 52.0 Å². The summed E-state index contributed by atoms with van der Waals surface area (Å²) in [6.45, 7) is 11.6. The molecule has 0 atom stereocenters. The lowest BCUT2D eigenvalue weighted by molar-refractivity contribution is 0.0660. The summed E-state index contributed by atoms with van der Waals surface area (Å²) in [4.78, 5) is 29.0. The smallest absolute Gasteiger partial charge is 0.317 e. The van der Waals surface area contributed by atoms with Crippen LogP contribution in [0.4, 0.5) is 4.79 Å². The van der Waals surface area contributed by atoms with E-state index in [4.69, 9.17) is 4.52 Å². The summed E-state index contributed by atoms with van der Waals surface area (Å²) in [6, 6.07) is 7.71. The van der Waals surface area contributed by atoms with Crippen molar-refractivity contribution in [2.75, 3.05) is 26.2 Å². The van der Waals surface area contributed by atoms with E-state index in [1.54, 1.807) is 16.7 Å². The van der Waals surface area contributed by atoms with E-state index in [0.717, 1.165) is 11.1 Å². The number of carbonyl (C=O) groups is 2. The molecule has 150 valence electrons. The molecule has 28 heavy (non-hydrogen) atoms. The molecule has 1 fully saturated rings. The highest BCUT2D eigenvalue weighted by molar-refractivity contribution is 6.01. The van der Waals surface area contributed by atoms with Gasteiger partial charge in [0.05, 0.1) is 0 Å². The van der Waals surface area contributed by atoms with E-state index in [0.29, 0.717) is 43.2 Å². The maximum absolute atomic E-state index is 13.2. The second kappa shape index (κ2) is 7.66. The van der Waals surface area contributed by atoms with Crippen LogP contribution in [-0.2, 0) is 0 Å². The number of nitrogens with one attached hydrogen (secondary N) is 1. The fraction of sp³-hybridized carbons (Fsp3) is 0.476. The summed E-state index contributed by atoms with van der Waals surface area (Å²) in [5.74, 6) is 0.407. The van der Waals surface area contributed by atoms with Crippen molar-refractivity contribution in [2.45, 2.75) is 40.2 Å². The highest BCUT2D eigenvalue weighted by Gasteiger charge is 2.30. The van der Waals surface area contributed by atoms with Crippen LogP contribution in [0.25, 0.3) is 11.3 Å². The quantitative estimate of drug-likeness (QED) is 0.862. The van der Waals surface area contributed by atoms with Crippen LogP contribution in [-0.4, -0.2) is 58.6 Å². The predicted octanol–water partition coefficient (Wildman–Crippen LogP) is 3.22. The van der Waals surface area contributed by atoms with Crippen LogP contribution in [0.15, 0.2) is 28.8 Å². The molecule has 3 amide bonds. The van der Waals surface area contributed by atoms with Crippen LogP contribution >= 0.6 is 0 Å². The van der Waals surface area contributed by atoms with Crippen LogP contribution in [0.1, 0.15) is 42.5 Å². The molecule has 2 heterocycles. The largest absolute Gasteiger partial charge is 0.360 e. The topological polar surface area (TPSA) is 78.7 Å². The molecule has 0 saturated carbocycles. The Kier molecular flexibility index (Phi) is 5.45. The van der Waals surface area contributed by atoms with Gasteiger partial charge in [-0.3, -0.25) is 4.79 Å². The van der Waals surface area contributed by atoms with Gasteiger partial charge >= 0.3 is 6.03 Å². The zero-order valence-corrected chi connectivity index (χ0v) is 17.2. The zero-order chi connectivity index (χ0) is 20.5. The average molecular weight is 384 g/mol. The molecule has 0 radical (unpaired) electrons. The molecule has 7 nitrogen and oxygen atoms in total. The van der Waals surface area contributed by atoms with Crippen LogP contribution in [0.5, 0.6) is 0 Å². The van der Waals surface area contributed by atoms with Gasteiger partial charge in [-0.2, -0.15) is 0 Å². The number of carbonyl (C=O) groups excluding carboxylic acids is 2. The number of benzene rings is 1. The molecule has 1 aliphatic heterocycles. The first-order valence-electron chi connectivity index (χ1n) is 9.56. The van der Waals surface area contributed by atoms with Crippen molar-refractivity contribution in [1.82, 2.24) is 20.3 Å². The van der Waals surface area contributed by atoms with Gasteiger partial charge in [0.2, 0.25) is 0 Å². The highest BCUT2D eigenvalue weighted by Crippen LogP contribution is 2.29. The third-order valence-corrected chi connectivity index (χ3v) is 4.81. The van der Waals surface area contributed by atoms with E-state index < -0.39 is 0 Å². The third kappa shape index (κ3) is 4.18. The summed E-state index contributed by atoms with van der Waals surface area (Å²) >= 11 is 0. The van der Waals surface area contributed by atoms with Crippen molar-refractivity contribution in [2.24, 2.45) is 0 Å². The lowest BCUT2D eigenvalue weighted by Gasteiger charge is -2.36. The summed E-state index contributed by atoms with van der Waals surface area (Å²) in [7, 11) is 0. The number of aryl methyl sites for hydroxylation is 2. The van der Waals surface area contributed by atoms with Gasteiger partial charge in [0, 0.05) is 37.3 Å². The van der Waals surface area contributed by atoms with E-state index in [1.165, 1.54) is 0 Å². The maximum Gasteiger partial charge on any atom is 0.317 e. The first-order valence-corrected chi connectivity index (χ1v) is 9.56. The zero-order valence-electron chi connectivity index (χ0n) is 17.2. The summed E-state index contributed by atoms with van der Waals surface area (Å²) < 4.78 is 5.36. The molecule has 7 heteroatoms. The molecule has 0 unspecified atom stereocenters. The lowest BCUT2D eigenvalue weighted by Crippen LogP contribution is -2.56. The first kappa shape index (κ1) is 19.9. The summed E-state index contributed by atoms with van der Waals surface area (Å²) in [5, 5.41) is 7.11. The number of hydrogen-bond acceptors (Lipinski definition) is 4. The van der Waals surface area contributed by atoms with Crippen molar-refractivity contribution >= 4 is 11.9 Å². The van der Waals surface area contributed by atoms with Gasteiger partial charge in [0.1, 0.15) is 17.0 Å². The molecule has 1 aromatic carbocycles. The Balaban J connectivity index is 1.74. The van der Waals surface area contributed by atoms with E-state index in [9.17, 15) is 9.59 Å². The number of nitrogens with zero attached hydrogens (tertiary/aromatic N) is 3. The van der Waals surface area contributed by atoms with Gasteiger partial charge in [0.25, 0.3) is 5.91 Å². The highest BCUT2D eigenvalue weighted by atomic mass is 16.5.